The number of pyridine rings is 1. The molecular weight excluding hydrogens is 486 g/mol. The second kappa shape index (κ2) is 9.96. The summed E-state index contributed by atoms with van der Waals surface area (Å²) in [5.74, 6) is 1.34. The van der Waals surface area contributed by atoms with Gasteiger partial charge in [-0.05, 0) is 67.1 Å². The summed E-state index contributed by atoms with van der Waals surface area (Å²) in [5, 5.41) is 20.3. The molecule has 5 rings (SSSR count). The normalized spacial score (nSPS) is 13.2. The molecule has 186 valence electrons. The van der Waals surface area contributed by atoms with Gasteiger partial charge in [0.05, 0.1) is 22.5 Å². The third-order valence-corrected chi connectivity index (χ3v) is 7.79. The number of benzene rings is 2. The van der Waals surface area contributed by atoms with E-state index in [4.69, 9.17) is 4.74 Å². The number of fused-ring (bicyclic) bond motifs is 1. The summed E-state index contributed by atoms with van der Waals surface area (Å²) >= 11 is 0. The first-order chi connectivity index (χ1) is 17.9. The number of sulfonamides is 1. The minimum Gasteiger partial charge on any atom is -0.438 e. The Balaban J connectivity index is 1.58. The van der Waals surface area contributed by atoms with Crippen LogP contribution in [0.1, 0.15) is 37.3 Å². The van der Waals surface area contributed by atoms with Gasteiger partial charge in [0.25, 0.3) is 0 Å². The van der Waals surface area contributed by atoms with Crippen LogP contribution >= 0.6 is 0 Å². The molecule has 1 fully saturated rings. The van der Waals surface area contributed by atoms with Crippen molar-refractivity contribution < 1.29 is 13.2 Å². The molecule has 0 aliphatic heterocycles. The molecule has 1 N–H and O–H groups in total. The Hall–Kier alpha value is -4.34. The number of anilines is 1. The number of aromatic nitrogens is 2. The molecule has 0 saturated heterocycles. The summed E-state index contributed by atoms with van der Waals surface area (Å²) in [6.07, 6.45) is 4.37. The van der Waals surface area contributed by atoms with Crippen LogP contribution in [0.25, 0.3) is 22.2 Å². The van der Waals surface area contributed by atoms with E-state index in [1.54, 1.807) is 36.5 Å². The zero-order chi connectivity index (χ0) is 26.0. The maximum absolute atomic E-state index is 12.2. The van der Waals surface area contributed by atoms with Gasteiger partial charge in [-0.2, -0.15) is 10.5 Å². The van der Waals surface area contributed by atoms with Crippen molar-refractivity contribution in [1.82, 2.24) is 9.55 Å². The number of nitriles is 2. The Bertz CT molecular complexity index is 1660. The molecule has 0 spiro atoms. The molecule has 2 aromatic carbocycles. The second-order valence-corrected chi connectivity index (χ2v) is 11.0. The molecule has 9 heteroatoms. The number of ether oxygens (including phenoxy) is 1. The van der Waals surface area contributed by atoms with E-state index in [-0.39, 0.29) is 11.6 Å². The Morgan fingerprint density at radius 1 is 1.11 bits per heavy atom. The monoisotopic (exact) mass is 511 g/mol. The molecule has 0 atom stereocenters. The molecule has 8 nitrogen and oxygen atoms in total. The van der Waals surface area contributed by atoms with Crippen molar-refractivity contribution in [2.24, 2.45) is 5.92 Å². The Labute approximate surface area is 215 Å². The van der Waals surface area contributed by atoms with Crippen LogP contribution in [0.4, 0.5) is 5.69 Å². The van der Waals surface area contributed by atoms with Crippen LogP contribution < -0.4 is 9.46 Å². The van der Waals surface area contributed by atoms with Crippen LogP contribution in [0.3, 0.4) is 0 Å². The lowest BCUT2D eigenvalue weighted by molar-refractivity contribution is 0.461. The molecule has 0 bridgehead atoms. The van der Waals surface area contributed by atoms with Gasteiger partial charge in [-0.25, -0.2) is 13.4 Å². The van der Waals surface area contributed by atoms with Gasteiger partial charge >= 0.3 is 0 Å². The fraction of sp³-hybridized carbons (Fsp3) is 0.250. The minimum atomic E-state index is -3.39. The third-order valence-electron chi connectivity index (χ3n) is 6.30. The average molecular weight is 512 g/mol. The van der Waals surface area contributed by atoms with E-state index in [9.17, 15) is 18.9 Å². The molecule has 1 saturated carbocycles. The van der Waals surface area contributed by atoms with Crippen molar-refractivity contribution >= 4 is 26.6 Å². The molecule has 1 aliphatic rings. The smallest absolute Gasteiger partial charge is 0.237 e. The number of nitrogens with zero attached hydrogens (tertiary/aromatic N) is 4. The van der Waals surface area contributed by atoms with Crippen LogP contribution in [0.15, 0.2) is 60.8 Å². The fourth-order valence-corrected chi connectivity index (χ4v) is 5.55. The summed E-state index contributed by atoms with van der Waals surface area (Å²) < 4.78 is 35.0. The van der Waals surface area contributed by atoms with Gasteiger partial charge in [0.2, 0.25) is 15.9 Å². The first kappa shape index (κ1) is 24.4. The van der Waals surface area contributed by atoms with E-state index in [1.165, 1.54) is 0 Å². The van der Waals surface area contributed by atoms with Crippen LogP contribution in [-0.2, 0) is 16.6 Å². The number of hydrogen-bond donors (Lipinski definition) is 1. The Morgan fingerprint density at radius 3 is 2.57 bits per heavy atom. The number of nitrogens with one attached hydrogen (secondary N) is 1. The van der Waals surface area contributed by atoms with Crippen molar-refractivity contribution in [3.8, 4) is 35.0 Å². The molecule has 4 aromatic rings. The van der Waals surface area contributed by atoms with Gasteiger partial charge in [-0.3, -0.25) is 4.72 Å². The maximum Gasteiger partial charge on any atom is 0.237 e. The van der Waals surface area contributed by atoms with E-state index in [2.05, 4.69) is 26.4 Å². The standard InChI is InChI=1S/C28H25N5O3S/c1-2-14-37(34,35)32-22-9-7-20(8-10-22)27-25(17-30)24-12-11-23(15-26(24)33(27)18-19-5-6-19)36-28-21(16-29)4-3-13-31-28/h3-4,7-13,15,19,32H,2,5-6,14,18H2,1H3. The lowest BCUT2D eigenvalue weighted by Gasteiger charge is -2.13. The van der Waals surface area contributed by atoms with Crippen molar-refractivity contribution in [3.05, 3.63) is 71.9 Å². The third kappa shape index (κ3) is 5.13. The van der Waals surface area contributed by atoms with E-state index in [1.807, 2.05) is 31.2 Å². The van der Waals surface area contributed by atoms with Gasteiger partial charge < -0.3 is 9.30 Å². The highest BCUT2D eigenvalue weighted by molar-refractivity contribution is 7.92. The van der Waals surface area contributed by atoms with Crippen LogP contribution in [0.2, 0.25) is 0 Å². The highest BCUT2D eigenvalue weighted by Gasteiger charge is 2.27. The van der Waals surface area contributed by atoms with Crippen LogP contribution in [-0.4, -0.2) is 23.7 Å². The lowest BCUT2D eigenvalue weighted by Crippen LogP contribution is -2.15. The molecule has 0 radical (unpaired) electrons. The summed E-state index contributed by atoms with van der Waals surface area (Å²) in [5.41, 5.74) is 3.85. The number of rotatable bonds is 9. The lowest BCUT2D eigenvalue weighted by atomic mass is 10.1. The molecule has 2 aromatic heterocycles. The SMILES string of the molecule is CCCS(=O)(=O)Nc1ccc(-c2c(C#N)c3ccc(Oc4ncccc4C#N)cc3n2CC2CC2)cc1. The largest absolute Gasteiger partial charge is 0.438 e. The summed E-state index contributed by atoms with van der Waals surface area (Å²) in [7, 11) is -3.39. The van der Waals surface area contributed by atoms with Crippen molar-refractivity contribution in [2.75, 3.05) is 10.5 Å². The predicted octanol–water partition coefficient (Wildman–Crippen LogP) is 5.80. The molecule has 0 unspecified atom stereocenters. The predicted molar refractivity (Wildman–Crippen MR) is 142 cm³/mol. The fourth-order valence-electron chi connectivity index (χ4n) is 4.42. The van der Waals surface area contributed by atoms with Gasteiger partial charge in [-0.15, -0.1) is 0 Å². The van der Waals surface area contributed by atoms with E-state index < -0.39 is 10.0 Å². The first-order valence-corrected chi connectivity index (χ1v) is 13.8. The van der Waals surface area contributed by atoms with Crippen molar-refractivity contribution in [1.29, 1.82) is 10.5 Å². The van der Waals surface area contributed by atoms with Gasteiger partial charge in [0.1, 0.15) is 23.5 Å². The Morgan fingerprint density at radius 2 is 1.89 bits per heavy atom. The van der Waals surface area contributed by atoms with Crippen molar-refractivity contribution in [2.45, 2.75) is 32.7 Å². The summed E-state index contributed by atoms with van der Waals surface area (Å²) in [4.78, 5) is 4.18. The summed E-state index contributed by atoms with van der Waals surface area (Å²) in [6, 6.07) is 20.4. The van der Waals surface area contributed by atoms with Crippen molar-refractivity contribution in [3.63, 3.8) is 0 Å². The van der Waals surface area contributed by atoms with Gasteiger partial charge in [0.15, 0.2) is 0 Å². The second-order valence-electron chi connectivity index (χ2n) is 9.14. The Kier molecular flexibility index (Phi) is 6.56. The maximum atomic E-state index is 12.2. The van der Waals surface area contributed by atoms with E-state index in [0.717, 1.165) is 41.5 Å². The highest BCUT2D eigenvalue weighted by Crippen LogP contribution is 2.40. The number of hydrogen-bond acceptors (Lipinski definition) is 6. The van der Waals surface area contributed by atoms with E-state index in [0.29, 0.717) is 34.9 Å². The van der Waals surface area contributed by atoms with E-state index >= 15 is 0 Å². The molecule has 1 aliphatic carbocycles. The molecular formula is C28H25N5O3S. The quantitative estimate of drug-likeness (QED) is 0.303. The molecule has 0 amide bonds. The minimum absolute atomic E-state index is 0.0573. The highest BCUT2D eigenvalue weighted by atomic mass is 32.2. The zero-order valence-corrected chi connectivity index (χ0v) is 21.1. The first-order valence-electron chi connectivity index (χ1n) is 12.1. The molecule has 37 heavy (non-hydrogen) atoms. The topological polar surface area (TPSA) is 121 Å². The van der Waals surface area contributed by atoms with Gasteiger partial charge in [0, 0.05) is 29.9 Å². The molecule has 2 heterocycles. The summed E-state index contributed by atoms with van der Waals surface area (Å²) in [6.45, 7) is 2.58. The average Bonchev–Trinajstić information content (AvgIpc) is 3.66. The van der Waals surface area contributed by atoms with Crippen LogP contribution in [0, 0.1) is 28.6 Å². The van der Waals surface area contributed by atoms with Crippen LogP contribution in [0.5, 0.6) is 11.6 Å². The zero-order valence-electron chi connectivity index (χ0n) is 20.3. The van der Waals surface area contributed by atoms with Gasteiger partial charge in [-0.1, -0.05) is 19.1 Å².